The fraction of sp³-hybridized carbons (Fsp3) is 0.450. The number of allylic oxidation sites excluding steroid dienone is 1. The van der Waals surface area contributed by atoms with Crippen LogP contribution in [0.1, 0.15) is 31.4 Å². The molecule has 2 unspecified atom stereocenters. The van der Waals surface area contributed by atoms with Gasteiger partial charge in [0.2, 0.25) is 5.96 Å². The molecule has 142 valence electrons. The first-order chi connectivity index (χ1) is 12.9. The molecule has 3 heterocycles. The maximum atomic E-state index is 13.1. The first-order valence-electron chi connectivity index (χ1n) is 9.36. The van der Waals surface area contributed by atoms with Crippen molar-refractivity contribution in [3.8, 4) is 0 Å². The number of anilines is 1. The molecule has 0 bridgehead atoms. The van der Waals surface area contributed by atoms with Gasteiger partial charge < -0.3 is 9.80 Å². The molecule has 0 N–H and O–H groups in total. The molecule has 7 heteroatoms. The molecule has 3 aliphatic rings. The largest absolute Gasteiger partial charge is 0.328 e. The average molecular weight is 367 g/mol. The van der Waals surface area contributed by atoms with Gasteiger partial charge in [0.05, 0.1) is 5.69 Å². The number of amides is 3. The topological polar surface area (TPSA) is 59.5 Å². The second-order valence-electron chi connectivity index (χ2n) is 7.40. The van der Waals surface area contributed by atoms with Crippen molar-refractivity contribution in [3.05, 3.63) is 41.2 Å². The van der Waals surface area contributed by atoms with Crippen LogP contribution in [0.25, 0.3) is 0 Å². The Hall–Kier alpha value is -2.83. The minimum Gasteiger partial charge on any atom is -0.302 e. The zero-order valence-electron chi connectivity index (χ0n) is 16.4. The molecule has 3 amide bonds. The molecule has 7 nitrogen and oxygen atoms in total. The first-order valence-corrected chi connectivity index (χ1v) is 9.36. The lowest BCUT2D eigenvalue weighted by Gasteiger charge is -2.40. The predicted molar refractivity (Wildman–Crippen MR) is 104 cm³/mol. The van der Waals surface area contributed by atoms with Crippen molar-refractivity contribution in [2.45, 2.75) is 46.3 Å². The van der Waals surface area contributed by atoms with E-state index in [1.54, 1.807) is 11.9 Å². The maximum absolute atomic E-state index is 13.1. The number of guanidine groups is 1. The lowest BCUT2D eigenvalue weighted by molar-refractivity contribution is -0.136. The van der Waals surface area contributed by atoms with Gasteiger partial charge in [-0.25, -0.2) is 9.79 Å². The van der Waals surface area contributed by atoms with Crippen molar-refractivity contribution in [1.82, 2.24) is 14.7 Å². The van der Waals surface area contributed by atoms with Gasteiger partial charge in [-0.3, -0.25) is 14.6 Å². The third-order valence-corrected chi connectivity index (χ3v) is 5.65. The molecule has 1 aromatic rings. The Balaban J connectivity index is 1.76. The second kappa shape index (κ2) is 6.11. The van der Waals surface area contributed by atoms with E-state index in [0.29, 0.717) is 12.5 Å². The maximum Gasteiger partial charge on any atom is 0.328 e. The quantitative estimate of drug-likeness (QED) is 0.824. The van der Waals surface area contributed by atoms with Gasteiger partial charge in [0.1, 0.15) is 0 Å². The number of carbonyl (C=O) groups is 2. The molecule has 4 rings (SSSR count). The molecule has 1 fully saturated rings. The lowest BCUT2D eigenvalue weighted by atomic mass is 10.1. The van der Waals surface area contributed by atoms with Crippen molar-refractivity contribution in [1.29, 1.82) is 0 Å². The number of likely N-dealkylation sites (N-methyl/N-ethyl adjacent to an activating group) is 1. The van der Waals surface area contributed by atoms with Gasteiger partial charge in [0.15, 0.2) is 12.2 Å². The molecule has 1 saturated heterocycles. The van der Waals surface area contributed by atoms with Crippen LogP contribution in [0.3, 0.4) is 0 Å². The third-order valence-electron chi connectivity index (χ3n) is 5.65. The molecule has 1 aromatic carbocycles. The molecule has 0 aromatic heterocycles. The number of aliphatic imine (C=N–C) groups is 1. The molecule has 0 saturated carbocycles. The van der Waals surface area contributed by atoms with Crippen molar-refractivity contribution >= 4 is 23.6 Å². The summed E-state index contributed by atoms with van der Waals surface area (Å²) in [6.07, 6.45) is 2.21. The van der Waals surface area contributed by atoms with E-state index in [1.807, 2.05) is 31.0 Å². The fourth-order valence-corrected chi connectivity index (χ4v) is 4.06. The summed E-state index contributed by atoms with van der Waals surface area (Å²) in [4.78, 5) is 37.4. The van der Waals surface area contributed by atoms with Crippen LogP contribution in [0, 0.1) is 13.8 Å². The van der Waals surface area contributed by atoms with E-state index in [2.05, 4.69) is 30.9 Å². The minimum atomic E-state index is -0.501. The Morgan fingerprint density at radius 2 is 1.89 bits per heavy atom. The van der Waals surface area contributed by atoms with Gasteiger partial charge >= 0.3 is 6.03 Å². The monoisotopic (exact) mass is 367 g/mol. The molecule has 3 aliphatic heterocycles. The summed E-state index contributed by atoms with van der Waals surface area (Å²) in [6.45, 7) is 8.58. The summed E-state index contributed by atoms with van der Waals surface area (Å²) < 4.78 is 0. The number of benzene rings is 1. The zero-order chi connectivity index (χ0) is 19.5. The fourth-order valence-electron chi connectivity index (χ4n) is 4.06. The molecule has 0 spiro atoms. The number of imide groups is 1. The van der Waals surface area contributed by atoms with Gasteiger partial charge in [-0.05, 0) is 44.4 Å². The van der Waals surface area contributed by atoms with Crippen LogP contribution in [0.5, 0.6) is 0 Å². The van der Waals surface area contributed by atoms with Crippen LogP contribution in [0.15, 0.2) is 35.1 Å². The van der Waals surface area contributed by atoms with Gasteiger partial charge in [-0.1, -0.05) is 19.1 Å². The van der Waals surface area contributed by atoms with E-state index in [4.69, 9.17) is 4.99 Å². The number of nitrogens with zero attached hydrogens (tertiary/aromatic N) is 5. The number of fused-ring (bicyclic) bond motifs is 3. The van der Waals surface area contributed by atoms with E-state index in [-0.39, 0.29) is 11.9 Å². The van der Waals surface area contributed by atoms with E-state index < -0.39 is 12.2 Å². The van der Waals surface area contributed by atoms with Gasteiger partial charge in [-0.15, -0.1) is 0 Å². The van der Waals surface area contributed by atoms with Gasteiger partial charge in [0.25, 0.3) is 5.91 Å². The number of aryl methyl sites for hydroxylation is 1. The summed E-state index contributed by atoms with van der Waals surface area (Å²) in [5, 5.41) is 0. The summed E-state index contributed by atoms with van der Waals surface area (Å²) in [5.41, 5.74) is 4.44. The van der Waals surface area contributed by atoms with Crippen LogP contribution >= 0.6 is 0 Å². The summed E-state index contributed by atoms with van der Waals surface area (Å²) in [7, 11) is 1.72. The Morgan fingerprint density at radius 1 is 1.15 bits per heavy atom. The number of urea groups is 1. The highest BCUT2D eigenvalue weighted by molar-refractivity contribution is 6.10. The van der Waals surface area contributed by atoms with Crippen molar-refractivity contribution in [2.24, 2.45) is 4.99 Å². The Morgan fingerprint density at radius 3 is 2.59 bits per heavy atom. The number of carbonyl (C=O) groups excluding carboxylic acids is 2. The van der Waals surface area contributed by atoms with Crippen molar-refractivity contribution in [2.75, 3.05) is 18.5 Å². The lowest BCUT2D eigenvalue weighted by Crippen LogP contribution is -2.64. The number of rotatable bonds is 3. The highest BCUT2D eigenvalue weighted by Gasteiger charge is 2.54. The van der Waals surface area contributed by atoms with E-state index in [0.717, 1.165) is 17.8 Å². The average Bonchev–Trinajstić information content (AvgIpc) is 3.14. The molecule has 0 radical (unpaired) electrons. The molecule has 27 heavy (non-hydrogen) atoms. The predicted octanol–water partition coefficient (Wildman–Crippen LogP) is 2.66. The number of hydrogen-bond donors (Lipinski definition) is 0. The third kappa shape index (κ3) is 2.37. The Kier molecular flexibility index (Phi) is 3.98. The van der Waals surface area contributed by atoms with Crippen LogP contribution < -0.4 is 4.90 Å². The van der Waals surface area contributed by atoms with Crippen molar-refractivity contribution in [3.63, 3.8) is 0 Å². The molecular weight excluding hydrogens is 342 g/mol. The van der Waals surface area contributed by atoms with E-state index in [9.17, 15) is 9.59 Å². The smallest absolute Gasteiger partial charge is 0.302 e. The van der Waals surface area contributed by atoms with Crippen LogP contribution in [-0.4, -0.2) is 58.4 Å². The highest BCUT2D eigenvalue weighted by atomic mass is 16.2. The van der Waals surface area contributed by atoms with E-state index in [1.165, 1.54) is 16.0 Å². The second-order valence-corrected chi connectivity index (χ2v) is 7.40. The normalized spacial score (nSPS) is 24.3. The molecule has 0 aliphatic carbocycles. The van der Waals surface area contributed by atoms with Crippen LogP contribution in [-0.2, 0) is 4.79 Å². The van der Waals surface area contributed by atoms with Crippen LogP contribution in [0.2, 0.25) is 0 Å². The minimum absolute atomic E-state index is 0.171. The Labute approximate surface area is 159 Å². The first kappa shape index (κ1) is 17.6. The number of hydrogen-bond acceptors (Lipinski definition) is 5. The standard InChI is InChI=1S/C20H25N5O2/c1-6-10-23-18(26)16-17(22(5)20(23)27)21-19-24(16)11-13(3)25(19)15-9-7-8-12(2)14(15)4/h7-9,11,16-17H,6,10H2,1-5H3. The SMILES string of the molecule is CCCN1C(=O)C2C(N=C3N(c4cccc(C)c4C)C(C)=CN32)N(C)C1=O. The summed E-state index contributed by atoms with van der Waals surface area (Å²) in [6, 6.07) is 5.40. The molecule has 2 atom stereocenters. The summed E-state index contributed by atoms with van der Waals surface area (Å²) in [5.74, 6) is 0.540. The van der Waals surface area contributed by atoms with Crippen molar-refractivity contribution < 1.29 is 9.59 Å². The Bertz CT molecular complexity index is 890. The summed E-state index contributed by atoms with van der Waals surface area (Å²) >= 11 is 0. The van der Waals surface area contributed by atoms with Gasteiger partial charge in [0, 0.05) is 25.5 Å². The van der Waals surface area contributed by atoms with Gasteiger partial charge in [-0.2, -0.15) is 0 Å². The van der Waals surface area contributed by atoms with Crippen LogP contribution in [0.4, 0.5) is 10.5 Å². The molecular formula is C20H25N5O2. The highest BCUT2D eigenvalue weighted by Crippen LogP contribution is 2.37. The van der Waals surface area contributed by atoms with E-state index >= 15 is 0 Å². The zero-order valence-corrected chi connectivity index (χ0v) is 16.4.